The van der Waals surface area contributed by atoms with Crippen LogP contribution in [0.4, 0.5) is 11.6 Å². The summed E-state index contributed by atoms with van der Waals surface area (Å²) in [5.74, 6) is 1.67. The van der Waals surface area contributed by atoms with E-state index in [2.05, 4.69) is 29.9 Å². The molecule has 1 unspecified atom stereocenters. The van der Waals surface area contributed by atoms with Crippen LogP contribution in [0.5, 0.6) is 0 Å². The van der Waals surface area contributed by atoms with E-state index in [0.717, 1.165) is 51.0 Å². The largest absolute Gasteiger partial charge is 0.377 e. The second kappa shape index (κ2) is 10.7. The van der Waals surface area contributed by atoms with Crippen molar-refractivity contribution >= 4 is 17.5 Å². The Morgan fingerprint density at radius 2 is 1.66 bits per heavy atom. The zero-order valence-corrected chi connectivity index (χ0v) is 20.4. The first kappa shape index (κ1) is 23.7. The van der Waals surface area contributed by atoms with Gasteiger partial charge in [-0.2, -0.15) is 0 Å². The zero-order valence-electron chi connectivity index (χ0n) is 20.4. The Morgan fingerprint density at radius 3 is 2.23 bits per heavy atom. The second-order valence-electron chi connectivity index (χ2n) is 9.54. The van der Waals surface area contributed by atoms with E-state index in [1.54, 1.807) is 11.8 Å². The molecular weight excluding hydrogens is 448 g/mol. The smallest absolute Gasteiger partial charge is 0.253 e. The first-order valence-corrected chi connectivity index (χ1v) is 12.5. The number of hydrogen-bond acceptors (Lipinski definition) is 9. The predicted octanol–water partition coefficient (Wildman–Crippen LogP) is -0.00848. The maximum absolute atomic E-state index is 12.7. The SMILES string of the molecule is Cc1cc(=O)n(CC(=O)N2CCN(c3ccc(N4CCN(CC5CCCO5)CC4)nn3)CC2)cn1. The van der Waals surface area contributed by atoms with Crippen LogP contribution in [0.2, 0.25) is 0 Å². The van der Waals surface area contributed by atoms with E-state index in [4.69, 9.17) is 4.74 Å². The first-order chi connectivity index (χ1) is 17.0. The van der Waals surface area contributed by atoms with E-state index in [-0.39, 0.29) is 18.0 Å². The molecule has 2 aromatic rings. The summed E-state index contributed by atoms with van der Waals surface area (Å²) in [5.41, 5.74) is 0.445. The first-order valence-electron chi connectivity index (χ1n) is 12.5. The molecule has 5 heterocycles. The molecule has 2 aromatic heterocycles. The normalized spacial score (nSPS) is 21.5. The summed E-state index contributed by atoms with van der Waals surface area (Å²) >= 11 is 0. The van der Waals surface area contributed by atoms with Crippen molar-refractivity contribution in [3.05, 3.63) is 40.6 Å². The number of amides is 1. The molecule has 3 aliphatic heterocycles. The number of carbonyl (C=O) groups is 1. The van der Waals surface area contributed by atoms with Crippen LogP contribution in [0.25, 0.3) is 0 Å². The van der Waals surface area contributed by atoms with Gasteiger partial charge in [-0.05, 0) is 31.9 Å². The number of piperazine rings is 2. The zero-order chi connectivity index (χ0) is 24.2. The third-order valence-corrected chi connectivity index (χ3v) is 7.10. The van der Waals surface area contributed by atoms with E-state index in [1.807, 2.05) is 12.1 Å². The van der Waals surface area contributed by atoms with Crippen molar-refractivity contribution in [2.45, 2.75) is 32.4 Å². The fourth-order valence-corrected chi connectivity index (χ4v) is 4.96. The Bertz CT molecular complexity index is 1050. The van der Waals surface area contributed by atoms with E-state index in [9.17, 15) is 9.59 Å². The molecular formula is C24H34N8O3. The molecule has 11 nitrogen and oxygen atoms in total. The van der Waals surface area contributed by atoms with Gasteiger partial charge in [0.05, 0.1) is 12.4 Å². The Balaban J connectivity index is 1.08. The maximum atomic E-state index is 12.7. The van der Waals surface area contributed by atoms with Gasteiger partial charge >= 0.3 is 0 Å². The topological polar surface area (TPSA) is 99.9 Å². The lowest BCUT2D eigenvalue weighted by atomic mass is 10.2. The minimum atomic E-state index is -0.205. The molecule has 0 radical (unpaired) electrons. The summed E-state index contributed by atoms with van der Waals surface area (Å²) in [7, 11) is 0. The molecule has 1 atom stereocenters. The van der Waals surface area contributed by atoms with Crippen LogP contribution in [-0.4, -0.2) is 107 Å². The van der Waals surface area contributed by atoms with Crippen molar-refractivity contribution in [2.75, 3.05) is 75.3 Å². The van der Waals surface area contributed by atoms with Gasteiger partial charge in [-0.1, -0.05) is 0 Å². The van der Waals surface area contributed by atoms with E-state index >= 15 is 0 Å². The fourth-order valence-electron chi connectivity index (χ4n) is 4.96. The summed E-state index contributed by atoms with van der Waals surface area (Å²) in [6.07, 6.45) is 4.20. The maximum Gasteiger partial charge on any atom is 0.253 e. The van der Waals surface area contributed by atoms with E-state index < -0.39 is 0 Å². The highest BCUT2D eigenvalue weighted by Crippen LogP contribution is 2.19. The number of carbonyl (C=O) groups excluding carboxylic acids is 1. The average molecular weight is 483 g/mol. The molecule has 5 rings (SSSR count). The van der Waals surface area contributed by atoms with Crippen LogP contribution in [-0.2, 0) is 16.1 Å². The van der Waals surface area contributed by atoms with Gasteiger partial charge < -0.3 is 19.4 Å². The standard InChI is InChI=1S/C24H34N8O3/c1-19-15-23(33)32(18-25-19)17-24(34)31-12-10-30(11-13-31)22-5-4-21(26-27-22)29-8-6-28(7-9-29)16-20-3-2-14-35-20/h4-5,15,18,20H,2-3,6-14,16-17H2,1H3. The van der Waals surface area contributed by atoms with Crippen LogP contribution >= 0.6 is 0 Å². The second-order valence-corrected chi connectivity index (χ2v) is 9.54. The fraction of sp³-hybridized carbons (Fsp3) is 0.625. The summed E-state index contributed by atoms with van der Waals surface area (Å²) in [6, 6.07) is 5.52. The lowest BCUT2D eigenvalue weighted by Gasteiger charge is -2.37. The van der Waals surface area contributed by atoms with Crippen molar-refractivity contribution in [2.24, 2.45) is 0 Å². The van der Waals surface area contributed by atoms with Gasteiger partial charge in [0.15, 0.2) is 11.6 Å². The number of hydrogen-bond donors (Lipinski definition) is 0. The minimum absolute atomic E-state index is 0.0154. The number of aromatic nitrogens is 4. The van der Waals surface area contributed by atoms with Crippen LogP contribution < -0.4 is 15.4 Å². The number of nitrogens with zero attached hydrogens (tertiary/aromatic N) is 8. The van der Waals surface area contributed by atoms with Crippen LogP contribution in [0.3, 0.4) is 0 Å². The summed E-state index contributed by atoms with van der Waals surface area (Å²) in [5, 5.41) is 8.98. The molecule has 11 heteroatoms. The minimum Gasteiger partial charge on any atom is -0.377 e. The van der Waals surface area contributed by atoms with Gasteiger partial charge in [0.1, 0.15) is 6.54 Å². The van der Waals surface area contributed by atoms with Crippen LogP contribution in [0.15, 0.2) is 29.3 Å². The van der Waals surface area contributed by atoms with Crippen molar-refractivity contribution in [3.8, 4) is 0 Å². The third kappa shape index (κ3) is 5.79. The van der Waals surface area contributed by atoms with Crippen LogP contribution in [0, 0.1) is 6.92 Å². The molecule has 0 aromatic carbocycles. The Kier molecular flexibility index (Phi) is 7.24. The van der Waals surface area contributed by atoms with Crippen molar-refractivity contribution in [3.63, 3.8) is 0 Å². The number of rotatable bonds is 6. The molecule has 3 aliphatic rings. The van der Waals surface area contributed by atoms with Crippen molar-refractivity contribution in [1.29, 1.82) is 0 Å². The quantitative estimate of drug-likeness (QED) is 0.563. The van der Waals surface area contributed by atoms with Crippen molar-refractivity contribution < 1.29 is 9.53 Å². The van der Waals surface area contributed by atoms with E-state index in [1.165, 1.54) is 29.8 Å². The van der Waals surface area contributed by atoms with Gasteiger partial charge in [0.25, 0.3) is 5.56 Å². The molecule has 3 fully saturated rings. The Hall–Kier alpha value is -3.05. The Morgan fingerprint density at radius 1 is 1.00 bits per heavy atom. The van der Waals surface area contributed by atoms with Gasteiger partial charge in [0, 0.05) is 77.3 Å². The number of ether oxygens (including phenoxy) is 1. The molecule has 0 spiro atoms. The van der Waals surface area contributed by atoms with E-state index in [0.29, 0.717) is 38.0 Å². The van der Waals surface area contributed by atoms with Gasteiger partial charge in [0.2, 0.25) is 5.91 Å². The van der Waals surface area contributed by atoms with Gasteiger partial charge in [-0.3, -0.25) is 19.1 Å². The van der Waals surface area contributed by atoms with Crippen LogP contribution in [0.1, 0.15) is 18.5 Å². The molecule has 0 aliphatic carbocycles. The Labute approximate surface area is 205 Å². The molecule has 3 saturated heterocycles. The average Bonchev–Trinajstić information content (AvgIpc) is 3.39. The molecule has 1 amide bonds. The molecule has 35 heavy (non-hydrogen) atoms. The lowest BCUT2D eigenvalue weighted by molar-refractivity contribution is -0.132. The summed E-state index contributed by atoms with van der Waals surface area (Å²) < 4.78 is 7.13. The highest BCUT2D eigenvalue weighted by molar-refractivity contribution is 5.76. The summed E-state index contributed by atoms with van der Waals surface area (Å²) in [6.45, 7) is 10.2. The number of anilines is 2. The molecule has 0 N–H and O–H groups in total. The highest BCUT2D eigenvalue weighted by Gasteiger charge is 2.25. The highest BCUT2D eigenvalue weighted by atomic mass is 16.5. The number of aryl methyl sites for hydroxylation is 1. The monoisotopic (exact) mass is 482 g/mol. The van der Waals surface area contributed by atoms with Gasteiger partial charge in [-0.15, -0.1) is 10.2 Å². The molecule has 188 valence electrons. The summed E-state index contributed by atoms with van der Waals surface area (Å²) in [4.78, 5) is 37.5. The lowest BCUT2D eigenvalue weighted by Crippen LogP contribution is -2.50. The van der Waals surface area contributed by atoms with Crippen molar-refractivity contribution in [1.82, 2.24) is 29.5 Å². The molecule has 0 bridgehead atoms. The molecule has 0 saturated carbocycles. The predicted molar refractivity (Wildman–Crippen MR) is 132 cm³/mol. The third-order valence-electron chi connectivity index (χ3n) is 7.10. The van der Waals surface area contributed by atoms with Gasteiger partial charge in [-0.25, -0.2) is 4.98 Å².